The molecular weight excluding hydrogens is 278 g/mol. The van der Waals surface area contributed by atoms with Crippen molar-refractivity contribution in [1.82, 2.24) is 4.31 Å². The Morgan fingerprint density at radius 2 is 2.18 bits per heavy atom. The van der Waals surface area contributed by atoms with Crippen LogP contribution in [0.1, 0.15) is 24.1 Å². The fourth-order valence-corrected chi connectivity index (χ4v) is 4.78. The SMILES string of the molecule is CN(CC1CCC1)S(=O)(=O)c1ccc(CCl)s1. The first kappa shape index (κ1) is 13.3. The summed E-state index contributed by atoms with van der Waals surface area (Å²) in [7, 11) is -1.65. The van der Waals surface area contributed by atoms with Crippen molar-refractivity contribution < 1.29 is 8.42 Å². The maximum atomic E-state index is 12.2. The Kier molecular flexibility index (Phi) is 4.13. The van der Waals surface area contributed by atoms with E-state index in [4.69, 9.17) is 11.6 Å². The third-order valence-electron chi connectivity index (χ3n) is 3.17. The van der Waals surface area contributed by atoms with Gasteiger partial charge < -0.3 is 0 Å². The lowest BCUT2D eigenvalue weighted by atomic mass is 9.86. The van der Waals surface area contributed by atoms with Crippen molar-refractivity contribution in [3.8, 4) is 0 Å². The van der Waals surface area contributed by atoms with E-state index in [-0.39, 0.29) is 0 Å². The van der Waals surface area contributed by atoms with Crippen LogP contribution in [0.15, 0.2) is 16.3 Å². The Morgan fingerprint density at radius 3 is 2.65 bits per heavy atom. The van der Waals surface area contributed by atoms with E-state index >= 15 is 0 Å². The molecule has 0 N–H and O–H groups in total. The van der Waals surface area contributed by atoms with Gasteiger partial charge in [0.25, 0.3) is 10.0 Å². The van der Waals surface area contributed by atoms with Crippen LogP contribution in [0.25, 0.3) is 0 Å². The molecule has 0 aromatic carbocycles. The number of rotatable bonds is 5. The van der Waals surface area contributed by atoms with E-state index in [0.717, 1.165) is 17.7 Å². The average Bonchev–Trinajstić information content (AvgIpc) is 2.71. The van der Waals surface area contributed by atoms with Gasteiger partial charge >= 0.3 is 0 Å². The monoisotopic (exact) mass is 293 g/mol. The van der Waals surface area contributed by atoms with Crippen LogP contribution in [0.2, 0.25) is 0 Å². The summed E-state index contributed by atoms with van der Waals surface area (Å²) in [5.74, 6) is 0.911. The average molecular weight is 294 g/mol. The standard InChI is InChI=1S/C11H16ClNO2S2/c1-13(8-9-3-2-4-9)17(14,15)11-6-5-10(7-12)16-11/h5-6,9H,2-4,7-8H2,1H3. The second kappa shape index (κ2) is 5.26. The number of hydrogen-bond acceptors (Lipinski definition) is 3. The summed E-state index contributed by atoms with van der Waals surface area (Å²) < 4.78 is 26.3. The van der Waals surface area contributed by atoms with Gasteiger partial charge in [-0.2, -0.15) is 4.31 Å². The van der Waals surface area contributed by atoms with Crippen molar-refractivity contribution in [3.63, 3.8) is 0 Å². The van der Waals surface area contributed by atoms with Crippen molar-refractivity contribution in [2.75, 3.05) is 13.6 Å². The molecule has 1 heterocycles. The molecule has 0 bridgehead atoms. The maximum absolute atomic E-state index is 12.2. The fraction of sp³-hybridized carbons (Fsp3) is 0.636. The van der Waals surface area contributed by atoms with Crippen molar-refractivity contribution in [1.29, 1.82) is 0 Å². The highest BCUT2D eigenvalue weighted by Gasteiger charge is 2.27. The quantitative estimate of drug-likeness (QED) is 0.783. The van der Waals surface area contributed by atoms with Crippen LogP contribution in [0.5, 0.6) is 0 Å². The van der Waals surface area contributed by atoms with Gasteiger partial charge in [0.2, 0.25) is 0 Å². The number of sulfonamides is 1. The topological polar surface area (TPSA) is 37.4 Å². The first-order valence-electron chi connectivity index (χ1n) is 5.65. The summed E-state index contributed by atoms with van der Waals surface area (Å²) in [4.78, 5) is 0.891. The lowest BCUT2D eigenvalue weighted by molar-refractivity contribution is 0.263. The van der Waals surface area contributed by atoms with E-state index in [9.17, 15) is 8.42 Å². The Labute approximate surface area is 111 Å². The van der Waals surface area contributed by atoms with Gasteiger partial charge in [0.1, 0.15) is 4.21 Å². The molecule has 0 saturated heterocycles. The van der Waals surface area contributed by atoms with E-state index in [1.165, 1.54) is 22.1 Å². The summed E-state index contributed by atoms with van der Waals surface area (Å²) in [5, 5.41) is 0. The number of halogens is 1. The summed E-state index contributed by atoms with van der Waals surface area (Å²) >= 11 is 6.95. The maximum Gasteiger partial charge on any atom is 0.252 e. The molecule has 6 heteroatoms. The lowest BCUT2D eigenvalue weighted by Gasteiger charge is -2.29. The number of thiophene rings is 1. The van der Waals surface area contributed by atoms with Crippen molar-refractivity contribution in [2.24, 2.45) is 5.92 Å². The summed E-state index contributed by atoms with van der Waals surface area (Å²) in [6.45, 7) is 0.635. The predicted molar refractivity (Wildman–Crippen MR) is 71.0 cm³/mol. The third-order valence-corrected chi connectivity index (χ3v) is 7.00. The molecular formula is C11H16ClNO2S2. The molecule has 17 heavy (non-hydrogen) atoms. The van der Waals surface area contributed by atoms with Crippen LogP contribution in [-0.4, -0.2) is 26.3 Å². The van der Waals surface area contributed by atoms with Crippen molar-refractivity contribution >= 4 is 33.0 Å². The molecule has 3 nitrogen and oxygen atoms in total. The van der Waals surface area contributed by atoms with Crippen LogP contribution in [-0.2, 0) is 15.9 Å². The smallest absolute Gasteiger partial charge is 0.206 e. The highest BCUT2D eigenvalue weighted by molar-refractivity contribution is 7.91. The van der Waals surface area contributed by atoms with Gasteiger partial charge in [-0.15, -0.1) is 22.9 Å². The molecule has 0 radical (unpaired) electrons. The van der Waals surface area contributed by atoms with E-state index in [1.54, 1.807) is 19.2 Å². The largest absolute Gasteiger partial charge is 0.252 e. The van der Waals surface area contributed by atoms with Gasteiger partial charge in [-0.3, -0.25) is 0 Å². The first-order valence-corrected chi connectivity index (χ1v) is 8.44. The normalized spacial score (nSPS) is 17.4. The molecule has 96 valence electrons. The Hall–Kier alpha value is -0.100. The molecule has 0 amide bonds. The summed E-state index contributed by atoms with van der Waals surface area (Å²) in [6.07, 6.45) is 3.53. The molecule has 1 aromatic heterocycles. The molecule has 1 aromatic rings. The third kappa shape index (κ3) is 2.84. The minimum Gasteiger partial charge on any atom is -0.206 e. The molecule has 1 aliphatic carbocycles. The van der Waals surface area contributed by atoms with Gasteiger partial charge in [0.05, 0.1) is 5.88 Å². The van der Waals surface area contributed by atoms with Crippen LogP contribution in [0.4, 0.5) is 0 Å². The van der Waals surface area contributed by atoms with Gasteiger partial charge in [-0.1, -0.05) is 6.42 Å². The minimum atomic E-state index is -3.31. The number of nitrogens with zero attached hydrogens (tertiary/aromatic N) is 1. The molecule has 2 rings (SSSR count). The Bertz CT molecular complexity index is 479. The minimum absolute atomic E-state index is 0.368. The number of alkyl halides is 1. The van der Waals surface area contributed by atoms with Crippen molar-refractivity contribution in [3.05, 3.63) is 17.0 Å². The summed E-state index contributed by atoms with van der Waals surface area (Å²) in [6, 6.07) is 3.43. The molecule has 0 aliphatic heterocycles. The summed E-state index contributed by atoms with van der Waals surface area (Å²) in [5.41, 5.74) is 0. The fourth-order valence-electron chi connectivity index (χ4n) is 1.86. The molecule has 0 spiro atoms. The Morgan fingerprint density at radius 1 is 1.47 bits per heavy atom. The van der Waals surface area contributed by atoms with E-state index in [2.05, 4.69) is 0 Å². The zero-order chi connectivity index (χ0) is 12.5. The van der Waals surface area contributed by atoms with E-state index < -0.39 is 10.0 Å². The lowest BCUT2D eigenvalue weighted by Crippen LogP contribution is -2.33. The molecule has 1 fully saturated rings. The van der Waals surface area contributed by atoms with E-state index in [0.29, 0.717) is 22.6 Å². The van der Waals surface area contributed by atoms with Crippen LogP contribution < -0.4 is 0 Å². The molecule has 0 unspecified atom stereocenters. The Balaban J connectivity index is 2.10. The van der Waals surface area contributed by atoms with Crippen LogP contribution in [0.3, 0.4) is 0 Å². The van der Waals surface area contributed by atoms with Crippen molar-refractivity contribution in [2.45, 2.75) is 29.4 Å². The molecule has 0 atom stereocenters. The van der Waals surface area contributed by atoms with Crippen LogP contribution in [0, 0.1) is 5.92 Å². The highest BCUT2D eigenvalue weighted by Crippen LogP contribution is 2.30. The highest BCUT2D eigenvalue weighted by atomic mass is 35.5. The van der Waals surface area contributed by atoms with Gasteiger partial charge in [0, 0.05) is 18.5 Å². The second-order valence-corrected chi connectivity index (χ2v) is 8.14. The van der Waals surface area contributed by atoms with Gasteiger partial charge in [-0.05, 0) is 30.9 Å². The zero-order valence-corrected chi connectivity index (χ0v) is 12.1. The van der Waals surface area contributed by atoms with Gasteiger partial charge in [-0.25, -0.2) is 8.42 Å². The molecule has 1 saturated carbocycles. The zero-order valence-electron chi connectivity index (χ0n) is 9.73. The number of hydrogen-bond donors (Lipinski definition) is 0. The first-order chi connectivity index (χ1) is 8.04. The molecule has 1 aliphatic rings. The predicted octanol–water partition coefficient (Wildman–Crippen LogP) is 2.91. The van der Waals surface area contributed by atoms with Gasteiger partial charge in [0.15, 0.2) is 0 Å². The second-order valence-electron chi connectivity index (χ2n) is 4.44. The van der Waals surface area contributed by atoms with E-state index in [1.807, 2.05) is 0 Å². The van der Waals surface area contributed by atoms with Crippen LogP contribution >= 0.6 is 22.9 Å².